The summed E-state index contributed by atoms with van der Waals surface area (Å²) in [6.07, 6.45) is -1.57. The first kappa shape index (κ1) is 35.6. The second-order valence-electron chi connectivity index (χ2n) is 10.9. The number of piperidine rings is 1. The second-order valence-corrected chi connectivity index (χ2v) is 12.9. The van der Waals surface area contributed by atoms with Gasteiger partial charge in [-0.25, -0.2) is 14.7 Å². The molecule has 0 spiro atoms. The first-order chi connectivity index (χ1) is 23.3. The number of aromatic nitrogens is 2. The Balaban J connectivity index is 1.69. The van der Waals surface area contributed by atoms with Gasteiger partial charge in [-0.1, -0.05) is 41.5 Å². The number of amides is 1. The number of carbonyl (C=O) groups is 1. The van der Waals surface area contributed by atoms with Gasteiger partial charge in [0, 0.05) is 29.2 Å². The van der Waals surface area contributed by atoms with Gasteiger partial charge in [0.2, 0.25) is 0 Å². The summed E-state index contributed by atoms with van der Waals surface area (Å²) in [4.78, 5) is 23.7. The van der Waals surface area contributed by atoms with Gasteiger partial charge < -0.3 is 22.9 Å². The van der Waals surface area contributed by atoms with Crippen molar-refractivity contribution in [2.24, 2.45) is 32.9 Å². The maximum Gasteiger partial charge on any atom is 0.416 e. The quantitative estimate of drug-likeness (QED) is 0.0957. The topological polar surface area (TPSA) is 179 Å². The smallest absolute Gasteiger partial charge is 0.370 e. The molecule has 5 rings (SSSR count). The van der Waals surface area contributed by atoms with Crippen molar-refractivity contribution in [2.75, 3.05) is 19.6 Å². The van der Waals surface area contributed by atoms with Gasteiger partial charge in [0.25, 0.3) is 5.91 Å². The monoisotopic (exact) mass is 730 g/mol. The lowest BCUT2D eigenvalue weighted by Crippen LogP contribution is -2.45. The zero-order chi connectivity index (χ0) is 35.3. The van der Waals surface area contributed by atoms with E-state index in [1.54, 1.807) is 30.3 Å². The number of nitrogens with zero attached hydrogens (tertiary/aromatic N) is 5. The zero-order valence-electron chi connectivity index (χ0n) is 25.8. The largest absolute Gasteiger partial charge is 0.416 e. The highest BCUT2D eigenvalue weighted by Gasteiger charge is 2.33. The number of carbonyl (C=O) groups excluding carboxylic acids is 1. The van der Waals surface area contributed by atoms with E-state index >= 15 is 0 Å². The van der Waals surface area contributed by atoms with Crippen molar-refractivity contribution in [3.05, 3.63) is 91.9 Å². The molecule has 0 radical (unpaired) electrons. The Morgan fingerprint density at radius 2 is 1.69 bits per heavy atom. The average molecular weight is 732 g/mol. The first-order valence-corrected chi connectivity index (χ1v) is 16.4. The maximum atomic E-state index is 14.0. The highest BCUT2D eigenvalue weighted by molar-refractivity contribution is 7.16. The summed E-state index contributed by atoms with van der Waals surface area (Å²) >= 11 is 14.1. The zero-order valence-corrected chi connectivity index (χ0v) is 28.1. The minimum Gasteiger partial charge on any atom is -0.370 e. The minimum atomic E-state index is -4.45. The minimum absolute atomic E-state index is 0.00169. The summed E-state index contributed by atoms with van der Waals surface area (Å²) < 4.78 is 40.6. The number of benzene rings is 2. The fraction of sp³-hybridized carbons (Fsp3) is 0.250. The lowest BCUT2D eigenvalue weighted by atomic mass is 10.0. The molecule has 1 aliphatic heterocycles. The average Bonchev–Trinajstić information content (AvgIpc) is 3.67. The fourth-order valence-electron chi connectivity index (χ4n) is 5.16. The number of hydrogen-bond acceptors (Lipinski definition) is 6. The van der Waals surface area contributed by atoms with Crippen molar-refractivity contribution in [1.82, 2.24) is 20.2 Å². The molecule has 256 valence electrons. The van der Waals surface area contributed by atoms with Crippen LogP contribution in [0, 0.1) is 11.8 Å². The Morgan fingerprint density at radius 3 is 2.33 bits per heavy atom. The van der Waals surface area contributed by atoms with E-state index in [9.17, 15) is 18.0 Å². The third-order valence-corrected chi connectivity index (χ3v) is 8.90. The van der Waals surface area contributed by atoms with E-state index in [4.69, 9.17) is 51.2 Å². The predicted molar refractivity (Wildman–Crippen MR) is 186 cm³/mol. The molecule has 1 atom stereocenters. The van der Waals surface area contributed by atoms with Crippen molar-refractivity contribution in [2.45, 2.75) is 31.5 Å². The third kappa shape index (κ3) is 8.84. The van der Waals surface area contributed by atoms with Gasteiger partial charge in [0.1, 0.15) is 6.04 Å². The first-order valence-electron chi connectivity index (χ1n) is 14.9. The summed E-state index contributed by atoms with van der Waals surface area (Å²) in [5.74, 6) is 4.88. The normalized spacial score (nSPS) is 14.0. The van der Waals surface area contributed by atoms with Gasteiger partial charge in [-0.05, 0) is 67.4 Å². The number of guanidine groups is 2. The van der Waals surface area contributed by atoms with Crippen LogP contribution in [-0.2, 0) is 6.18 Å². The van der Waals surface area contributed by atoms with Gasteiger partial charge in [-0.15, -0.1) is 11.3 Å². The van der Waals surface area contributed by atoms with Crippen molar-refractivity contribution < 1.29 is 18.0 Å². The fourth-order valence-corrected chi connectivity index (χ4v) is 6.55. The molecule has 3 heterocycles. The van der Waals surface area contributed by atoms with Crippen LogP contribution in [0.5, 0.6) is 0 Å². The number of alkyl halides is 3. The van der Waals surface area contributed by atoms with Gasteiger partial charge in [0.05, 0.1) is 38.3 Å². The predicted octanol–water partition coefficient (Wildman–Crippen LogP) is 5.04. The van der Waals surface area contributed by atoms with E-state index in [2.05, 4.69) is 27.3 Å². The van der Waals surface area contributed by atoms with Crippen molar-refractivity contribution in [3.8, 4) is 28.1 Å². The van der Waals surface area contributed by atoms with E-state index in [0.717, 1.165) is 31.4 Å². The van der Waals surface area contributed by atoms with Crippen LogP contribution in [0.15, 0.2) is 64.6 Å². The van der Waals surface area contributed by atoms with Crippen LogP contribution in [0.3, 0.4) is 0 Å². The molecule has 49 heavy (non-hydrogen) atoms. The highest BCUT2D eigenvalue weighted by Crippen LogP contribution is 2.40. The maximum absolute atomic E-state index is 14.0. The van der Waals surface area contributed by atoms with E-state index in [1.807, 2.05) is 5.01 Å². The van der Waals surface area contributed by atoms with E-state index in [0.29, 0.717) is 50.4 Å². The van der Waals surface area contributed by atoms with Crippen LogP contribution < -0.4 is 28.4 Å². The number of hydrazine groups is 1. The molecular weight excluding hydrogens is 700 g/mol. The Kier molecular flexibility index (Phi) is 11.0. The standard InChI is InChI=1S/C32H31Cl2F3N10OS/c33-20-9-12-24(22(34)16-20)47-28(25-13-11-21(49-25)10-6-18-4-7-19(8-5-18)32(35,36)37)26(23(43-31(40)41)17-42-30(38)39)27(44-47)29(48)45-46-14-2-1-3-15-46/h4-5,7-9,11-13,16,23H,1-3,14-15,17H2,(H,45,48)(H4,38,39,42)(H4,40,41,43). The van der Waals surface area contributed by atoms with E-state index < -0.39 is 23.7 Å². The molecule has 0 saturated carbocycles. The molecule has 17 heteroatoms. The number of nitrogens with two attached hydrogens (primary N) is 4. The summed E-state index contributed by atoms with van der Waals surface area (Å²) in [6, 6.07) is 11.9. The number of halogens is 5. The molecule has 1 amide bonds. The van der Waals surface area contributed by atoms with E-state index in [-0.39, 0.29) is 29.2 Å². The summed E-state index contributed by atoms with van der Waals surface area (Å²) in [5, 5.41) is 7.22. The second kappa shape index (κ2) is 15.2. The molecule has 2 aromatic heterocycles. The molecule has 1 unspecified atom stereocenters. The van der Waals surface area contributed by atoms with Gasteiger partial charge >= 0.3 is 6.18 Å². The molecule has 1 aliphatic rings. The van der Waals surface area contributed by atoms with Crippen LogP contribution >= 0.6 is 34.5 Å². The van der Waals surface area contributed by atoms with Gasteiger partial charge in [-0.2, -0.15) is 18.3 Å². The number of nitrogens with one attached hydrogen (secondary N) is 1. The lowest BCUT2D eigenvalue weighted by molar-refractivity contribution is -0.137. The SMILES string of the molecule is NC(N)=NCC(N=C(N)N)c1c(C(=O)NN2CCCCC2)nn(-c2ccc(Cl)cc2Cl)c1-c1ccc(C#Cc2ccc(C(F)(F)F)cc2)s1. The molecule has 11 nitrogen and oxygen atoms in total. The molecule has 1 saturated heterocycles. The van der Waals surface area contributed by atoms with E-state index in [1.165, 1.54) is 28.2 Å². The molecule has 4 aromatic rings. The number of hydrogen-bond donors (Lipinski definition) is 5. The number of thiophene rings is 1. The van der Waals surface area contributed by atoms with Crippen LogP contribution in [0.4, 0.5) is 13.2 Å². The molecular formula is C32H31Cl2F3N10OS. The number of rotatable bonds is 8. The third-order valence-electron chi connectivity index (χ3n) is 7.36. The Labute approximate surface area is 293 Å². The van der Waals surface area contributed by atoms with Crippen molar-refractivity contribution in [3.63, 3.8) is 0 Å². The summed E-state index contributed by atoms with van der Waals surface area (Å²) in [5.41, 5.74) is 26.8. The van der Waals surface area contributed by atoms with Gasteiger partial charge in [0.15, 0.2) is 17.6 Å². The summed E-state index contributed by atoms with van der Waals surface area (Å²) in [6.45, 7) is 1.19. The molecule has 2 aromatic carbocycles. The van der Waals surface area contributed by atoms with Crippen LogP contribution in [-0.4, -0.2) is 52.2 Å². The summed E-state index contributed by atoms with van der Waals surface area (Å²) in [7, 11) is 0. The molecule has 9 N–H and O–H groups in total. The molecule has 0 aliphatic carbocycles. The number of aliphatic imine (C=N–C) groups is 2. The Morgan fingerprint density at radius 1 is 0.980 bits per heavy atom. The van der Waals surface area contributed by atoms with Crippen molar-refractivity contribution >= 4 is 52.4 Å². The highest BCUT2D eigenvalue weighted by atomic mass is 35.5. The van der Waals surface area contributed by atoms with Crippen LogP contribution in [0.2, 0.25) is 10.0 Å². The lowest BCUT2D eigenvalue weighted by Gasteiger charge is -2.26. The van der Waals surface area contributed by atoms with Crippen LogP contribution in [0.25, 0.3) is 16.3 Å². The Bertz CT molecular complexity index is 1950. The Hall–Kier alpha value is -4.75. The van der Waals surface area contributed by atoms with Gasteiger partial charge in [-0.3, -0.25) is 15.2 Å². The van der Waals surface area contributed by atoms with Crippen molar-refractivity contribution in [1.29, 1.82) is 0 Å². The molecule has 1 fully saturated rings. The van der Waals surface area contributed by atoms with Crippen LogP contribution in [0.1, 0.15) is 57.4 Å². The molecule has 0 bridgehead atoms.